The fraction of sp³-hybridized carbons (Fsp3) is 0.417. The lowest BCUT2D eigenvalue weighted by atomic mass is 10.1. The van der Waals surface area contributed by atoms with E-state index in [1.807, 2.05) is 22.6 Å². The van der Waals surface area contributed by atoms with Gasteiger partial charge in [0.2, 0.25) is 0 Å². The molecule has 1 amide bonds. The number of piperidine rings is 1. The molecule has 98 valence electrons. The van der Waals surface area contributed by atoms with E-state index in [1.165, 1.54) is 12.1 Å². The number of nitrogens with two attached hydrogens (primary N) is 1. The molecule has 0 unspecified atom stereocenters. The average molecular weight is 383 g/mol. The number of benzene rings is 1. The number of nitrogens with zero attached hydrogens (tertiary/aromatic N) is 1. The van der Waals surface area contributed by atoms with Gasteiger partial charge in [-0.2, -0.15) is 0 Å². The lowest BCUT2D eigenvalue weighted by Gasteiger charge is -2.31. The van der Waals surface area contributed by atoms with Crippen molar-refractivity contribution in [3.05, 3.63) is 32.1 Å². The highest BCUT2D eigenvalue weighted by atomic mass is 127. The van der Waals surface area contributed by atoms with E-state index in [0.29, 0.717) is 22.2 Å². The van der Waals surface area contributed by atoms with Crippen molar-refractivity contribution in [3.63, 3.8) is 0 Å². The van der Waals surface area contributed by atoms with Gasteiger partial charge in [0, 0.05) is 22.7 Å². The molecule has 6 heteroatoms. The van der Waals surface area contributed by atoms with Gasteiger partial charge in [-0.1, -0.05) is 11.6 Å². The van der Waals surface area contributed by atoms with E-state index in [4.69, 9.17) is 17.3 Å². The van der Waals surface area contributed by atoms with Crippen LogP contribution >= 0.6 is 34.2 Å². The predicted octanol–water partition coefficient (Wildman–Crippen LogP) is 2.65. The second-order valence-electron chi connectivity index (χ2n) is 4.40. The zero-order chi connectivity index (χ0) is 13.3. The molecule has 0 aliphatic carbocycles. The number of halogens is 3. The molecule has 0 radical (unpaired) electrons. The molecule has 0 saturated carbocycles. The van der Waals surface area contributed by atoms with Crippen molar-refractivity contribution in [1.29, 1.82) is 0 Å². The smallest absolute Gasteiger partial charge is 0.255 e. The van der Waals surface area contributed by atoms with Gasteiger partial charge in [-0.15, -0.1) is 0 Å². The maximum atomic E-state index is 13.3. The minimum Gasteiger partial charge on any atom is -0.337 e. The molecule has 2 rings (SSSR count). The van der Waals surface area contributed by atoms with Crippen molar-refractivity contribution in [3.8, 4) is 0 Å². The van der Waals surface area contributed by atoms with Gasteiger partial charge in [-0.25, -0.2) is 4.39 Å². The van der Waals surface area contributed by atoms with Gasteiger partial charge >= 0.3 is 0 Å². The van der Waals surface area contributed by atoms with E-state index in [0.717, 1.165) is 12.8 Å². The Morgan fingerprint density at radius 3 is 2.94 bits per heavy atom. The van der Waals surface area contributed by atoms with Crippen LogP contribution in [0.25, 0.3) is 0 Å². The summed E-state index contributed by atoms with van der Waals surface area (Å²) in [6.07, 6.45) is 1.82. The van der Waals surface area contributed by atoms with Gasteiger partial charge in [0.05, 0.1) is 10.6 Å². The van der Waals surface area contributed by atoms with Crippen molar-refractivity contribution in [1.82, 2.24) is 4.90 Å². The molecule has 0 spiro atoms. The van der Waals surface area contributed by atoms with Gasteiger partial charge in [0.1, 0.15) is 5.82 Å². The van der Waals surface area contributed by atoms with Gasteiger partial charge in [0.15, 0.2) is 0 Å². The first-order valence-electron chi connectivity index (χ1n) is 5.68. The predicted molar refractivity (Wildman–Crippen MR) is 77.2 cm³/mol. The van der Waals surface area contributed by atoms with Crippen molar-refractivity contribution in [2.24, 2.45) is 5.73 Å². The summed E-state index contributed by atoms with van der Waals surface area (Å²) in [5, 5.41) is 0.150. The lowest BCUT2D eigenvalue weighted by molar-refractivity contribution is 0.0709. The number of hydrogen-bond acceptors (Lipinski definition) is 2. The monoisotopic (exact) mass is 382 g/mol. The summed E-state index contributed by atoms with van der Waals surface area (Å²) in [7, 11) is 0. The van der Waals surface area contributed by atoms with Crippen LogP contribution in [-0.2, 0) is 0 Å². The van der Waals surface area contributed by atoms with Crippen molar-refractivity contribution in [2.45, 2.75) is 18.9 Å². The fourth-order valence-electron chi connectivity index (χ4n) is 2.05. The third-order valence-corrected chi connectivity index (χ3v) is 4.12. The Kier molecular flexibility index (Phi) is 4.45. The van der Waals surface area contributed by atoms with E-state index >= 15 is 0 Å². The quantitative estimate of drug-likeness (QED) is 0.599. The normalized spacial score (nSPS) is 20.0. The Labute approximate surface area is 124 Å². The molecular formula is C12H13ClFIN2O. The maximum Gasteiger partial charge on any atom is 0.255 e. The largest absolute Gasteiger partial charge is 0.337 e. The number of amides is 1. The van der Waals surface area contributed by atoms with Crippen LogP contribution in [0.3, 0.4) is 0 Å². The maximum absolute atomic E-state index is 13.3. The Morgan fingerprint density at radius 2 is 2.28 bits per heavy atom. The third kappa shape index (κ3) is 2.95. The van der Waals surface area contributed by atoms with Crippen LogP contribution < -0.4 is 5.73 Å². The lowest BCUT2D eigenvalue weighted by Crippen LogP contribution is -2.45. The summed E-state index contributed by atoms with van der Waals surface area (Å²) in [5.41, 5.74) is 6.19. The molecule has 1 saturated heterocycles. The summed E-state index contributed by atoms with van der Waals surface area (Å²) in [6, 6.07) is 2.68. The third-order valence-electron chi connectivity index (χ3n) is 2.99. The first-order valence-corrected chi connectivity index (χ1v) is 7.14. The molecule has 1 aliphatic heterocycles. The summed E-state index contributed by atoms with van der Waals surface area (Å²) >= 11 is 7.78. The Balaban J connectivity index is 2.25. The van der Waals surface area contributed by atoms with Gasteiger partial charge in [0.25, 0.3) is 5.91 Å². The number of rotatable bonds is 1. The van der Waals surface area contributed by atoms with Crippen LogP contribution in [0.15, 0.2) is 12.1 Å². The van der Waals surface area contributed by atoms with Crippen LogP contribution in [0.2, 0.25) is 5.02 Å². The van der Waals surface area contributed by atoms with E-state index in [-0.39, 0.29) is 17.0 Å². The van der Waals surface area contributed by atoms with Crippen LogP contribution in [0, 0.1) is 9.39 Å². The molecule has 1 aliphatic rings. The summed E-state index contributed by atoms with van der Waals surface area (Å²) in [4.78, 5) is 14.0. The average Bonchev–Trinajstić information content (AvgIpc) is 2.33. The molecule has 1 atom stereocenters. The second kappa shape index (κ2) is 5.71. The highest BCUT2D eigenvalue weighted by molar-refractivity contribution is 14.1. The zero-order valence-electron chi connectivity index (χ0n) is 9.63. The minimum atomic E-state index is -0.410. The number of carbonyl (C=O) groups is 1. The second-order valence-corrected chi connectivity index (χ2v) is 5.97. The summed E-state index contributed by atoms with van der Waals surface area (Å²) in [6.45, 7) is 1.21. The fourth-order valence-corrected chi connectivity index (χ4v) is 2.75. The molecule has 1 aromatic carbocycles. The first kappa shape index (κ1) is 14.0. The van der Waals surface area contributed by atoms with Gasteiger partial charge in [-0.3, -0.25) is 4.79 Å². The van der Waals surface area contributed by atoms with Crippen LogP contribution in [0.5, 0.6) is 0 Å². The molecule has 0 bridgehead atoms. The molecular weight excluding hydrogens is 370 g/mol. The van der Waals surface area contributed by atoms with Crippen LogP contribution in [-0.4, -0.2) is 29.9 Å². The highest BCUT2D eigenvalue weighted by Gasteiger charge is 2.24. The molecule has 0 aromatic heterocycles. The number of carbonyl (C=O) groups excluding carboxylic acids is 1. The van der Waals surface area contributed by atoms with E-state index in [1.54, 1.807) is 4.90 Å². The minimum absolute atomic E-state index is 0.0148. The van der Waals surface area contributed by atoms with E-state index in [2.05, 4.69) is 0 Å². The van der Waals surface area contributed by atoms with Gasteiger partial charge in [-0.05, 0) is 47.6 Å². The van der Waals surface area contributed by atoms with E-state index in [9.17, 15) is 9.18 Å². The topological polar surface area (TPSA) is 46.3 Å². The molecule has 2 N–H and O–H groups in total. The summed E-state index contributed by atoms with van der Waals surface area (Å²) < 4.78 is 13.7. The Bertz CT molecular complexity index is 483. The van der Waals surface area contributed by atoms with Crippen molar-refractivity contribution < 1.29 is 9.18 Å². The van der Waals surface area contributed by atoms with Crippen LogP contribution in [0.4, 0.5) is 4.39 Å². The molecule has 18 heavy (non-hydrogen) atoms. The molecule has 1 heterocycles. The molecule has 3 nitrogen and oxygen atoms in total. The standard InChI is InChI=1S/C12H13ClFIN2O/c13-9-5-10(14)11(15)4-8(9)12(18)17-3-1-2-7(16)6-17/h4-5,7H,1-3,6,16H2/t7-/m0/s1. The number of hydrogen-bond donors (Lipinski definition) is 1. The molecule has 1 fully saturated rings. The summed E-state index contributed by atoms with van der Waals surface area (Å²) in [5.74, 6) is -0.583. The SMILES string of the molecule is N[C@H]1CCCN(C(=O)c2cc(I)c(F)cc2Cl)C1. The highest BCUT2D eigenvalue weighted by Crippen LogP contribution is 2.24. The zero-order valence-corrected chi connectivity index (χ0v) is 12.5. The number of likely N-dealkylation sites (tertiary alicyclic amines) is 1. The van der Waals surface area contributed by atoms with Crippen molar-refractivity contribution in [2.75, 3.05) is 13.1 Å². The van der Waals surface area contributed by atoms with Crippen LogP contribution in [0.1, 0.15) is 23.2 Å². The van der Waals surface area contributed by atoms with Gasteiger partial charge < -0.3 is 10.6 Å². The molecule has 1 aromatic rings. The van der Waals surface area contributed by atoms with E-state index < -0.39 is 5.82 Å². The van der Waals surface area contributed by atoms with Crippen molar-refractivity contribution >= 4 is 40.1 Å². The Hall–Kier alpha value is -0.400. The Morgan fingerprint density at radius 1 is 1.56 bits per heavy atom. The first-order chi connectivity index (χ1) is 8.49.